The topological polar surface area (TPSA) is 56.7 Å². The van der Waals surface area contributed by atoms with Gasteiger partial charge in [0.1, 0.15) is 6.17 Å². The Morgan fingerprint density at radius 3 is 2.50 bits per heavy atom. The summed E-state index contributed by atoms with van der Waals surface area (Å²) in [4.78, 5) is 15.8. The molecule has 9 heteroatoms. The maximum absolute atomic E-state index is 12.9. The summed E-state index contributed by atoms with van der Waals surface area (Å²) in [5, 5.41) is 5.07. The van der Waals surface area contributed by atoms with E-state index in [0.717, 1.165) is 11.9 Å². The minimum atomic E-state index is -4.60. The van der Waals surface area contributed by atoms with Gasteiger partial charge in [0.15, 0.2) is 0 Å². The predicted octanol–water partition coefficient (Wildman–Crippen LogP) is 0.671. The molecule has 0 aromatic rings. The average molecular weight is 298 g/mol. The van der Waals surface area contributed by atoms with Crippen LogP contribution < -0.4 is 10.6 Å². The Morgan fingerprint density at radius 2 is 2.10 bits per heavy atom. The van der Waals surface area contributed by atoms with Gasteiger partial charge in [-0.2, -0.15) is 13.2 Å². The van der Waals surface area contributed by atoms with Crippen molar-refractivity contribution >= 4 is 11.7 Å². The van der Waals surface area contributed by atoms with E-state index in [4.69, 9.17) is 0 Å². The van der Waals surface area contributed by atoms with Crippen LogP contribution in [-0.4, -0.2) is 61.8 Å². The summed E-state index contributed by atoms with van der Waals surface area (Å²) in [5.74, 6) is -1.62. The first-order valence-corrected chi connectivity index (χ1v) is 6.11. The molecule has 1 amide bonds. The lowest BCUT2D eigenvalue weighted by atomic mass is 10.2. The average Bonchev–Trinajstić information content (AvgIpc) is 2.74. The minimum absolute atomic E-state index is 0.0241. The van der Waals surface area contributed by atoms with Crippen molar-refractivity contribution in [3.05, 3.63) is 0 Å². The van der Waals surface area contributed by atoms with Crippen molar-refractivity contribution in [3.8, 4) is 0 Å². The number of carbonyl (C=O) groups is 1. The van der Waals surface area contributed by atoms with Gasteiger partial charge in [0.25, 0.3) is 0 Å². The molecule has 1 aliphatic heterocycles. The zero-order valence-electron chi connectivity index (χ0n) is 11.5. The number of aliphatic imine (C=N–C) groups is 1. The second-order valence-corrected chi connectivity index (χ2v) is 4.63. The van der Waals surface area contributed by atoms with Crippen molar-refractivity contribution < 1.29 is 22.4 Å². The van der Waals surface area contributed by atoms with E-state index in [9.17, 15) is 22.4 Å². The van der Waals surface area contributed by atoms with Gasteiger partial charge >= 0.3 is 6.18 Å². The van der Waals surface area contributed by atoms with Crippen LogP contribution in [-0.2, 0) is 4.79 Å². The first-order valence-electron chi connectivity index (χ1n) is 6.11. The van der Waals surface area contributed by atoms with Gasteiger partial charge < -0.3 is 15.5 Å². The molecule has 0 saturated carbocycles. The highest BCUT2D eigenvalue weighted by Crippen LogP contribution is 2.20. The van der Waals surface area contributed by atoms with E-state index in [1.807, 2.05) is 0 Å². The van der Waals surface area contributed by atoms with Gasteiger partial charge in [-0.1, -0.05) is 0 Å². The molecule has 1 rings (SSSR count). The van der Waals surface area contributed by atoms with E-state index in [1.165, 1.54) is 14.0 Å². The monoisotopic (exact) mass is 298 g/mol. The third-order valence-corrected chi connectivity index (χ3v) is 3.13. The van der Waals surface area contributed by atoms with Crippen molar-refractivity contribution in [1.82, 2.24) is 15.5 Å². The van der Waals surface area contributed by atoms with Gasteiger partial charge in [-0.3, -0.25) is 9.79 Å². The smallest absolute Gasteiger partial charge is 0.336 e. The molecule has 1 unspecified atom stereocenters. The Hall–Kier alpha value is -1.38. The maximum atomic E-state index is 12.9. The Morgan fingerprint density at radius 1 is 1.50 bits per heavy atom. The van der Waals surface area contributed by atoms with E-state index in [1.54, 1.807) is 0 Å². The molecule has 0 spiro atoms. The Labute approximate surface area is 114 Å². The molecule has 0 radical (unpaired) electrons. The molecule has 5 nitrogen and oxygen atoms in total. The highest BCUT2D eigenvalue weighted by Gasteiger charge is 2.40. The van der Waals surface area contributed by atoms with Gasteiger partial charge in [0.05, 0.1) is 12.2 Å². The van der Waals surface area contributed by atoms with E-state index >= 15 is 0 Å². The summed E-state index contributed by atoms with van der Waals surface area (Å²) in [6.45, 7) is 1.48. The van der Waals surface area contributed by atoms with Crippen molar-refractivity contribution in [2.24, 2.45) is 4.99 Å². The van der Waals surface area contributed by atoms with Crippen molar-refractivity contribution in [2.75, 3.05) is 20.6 Å². The molecule has 0 aromatic heterocycles. The fraction of sp³-hybridized carbons (Fsp3) is 0.818. The lowest BCUT2D eigenvalue weighted by molar-refractivity contribution is -0.124. The normalized spacial score (nSPS) is 25.4. The van der Waals surface area contributed by atoms with Crippen LogP contribution in [0.4, 0.5) is 17.6 Å². The van der Waals surface area contributed by atoms with Crippen molar-refractivity contribution in [3.63, 3.8) is 0 Å². The van der Waals surface area contributed by atoms with Crippen molar-refractivity contribution in [2.45, 2.75) is 37.9 Å². The second-order valence-electron chi connectivity index (χ2n) is 4.63. The van der Waals surface area contributed by atoms with Gasteiger partial charge in [-0.25, -0.2) is 4.39 Å². The van der Waals surface area contributed by atoms with Crippen LogP contribution in [0.2, 0.25) is 0 Å². The molecule has 0 bridgehead atoms. The number of rotatable bonds is 3. The number of carbonyl (C=O) groups excluding carboxylic acids is 1. The van der Waals surface area contributed by atoms with Crippen LogP contribution in [0, 0.1) is 0 Å². The molecule has 1 heterocycles. The number of halogens is 4. The molecular weight excluding hydrogens is 280 g/mol. The molecule has 3 atom stereocenters. The summed E-state index contributed by atoms with van der Waals surface area (Å²) in [6.07, 6.45) is -6.60. The number of amides is 1. The molecule has 116 valence electrons. The zero-order chi connectivity index (χ0) is 15.5. The number of hydrogen-bond donors (Lipinski definition) is 2. The Balaban J connectivity index is 2.61. The predicted molar refractivity (Wildman–Crippen MR) is 66.1 cm³/mol. The third kappa shape index (κ3) is 4.06. The number of hydrogen-bond acceptors (Lipinski definition) is 3. The number of nitrogens with one attached hydrogen (secondary N) is 2. The Bertz CT molecular complexity index is 385. The molecule has 0 aliphatic carbocycles. The van der Waals surface area contributed by atoms with Crippen LogP contribution in [0.3, 0.4) is 0 Å². The SMILES string of the molecule is CN=C(N(C)C(C)NC(=O)[C@@H]1C[C@@H](F)CN1)C(F)(F)F. The summed E-state index contributed by atoms with van der Waals surface area (Å²) in [7, 11) is 2.21. The van der Waals surface area contributed by atoms with E-state index in [-0.39, 0.29) is 13.0 Å². The van der Waals surface area contributed by atoms with Crippen LogP contribution in [0.15, 0.2) is 4.99 Å². The van der Waals surface area contributed by atoms with E-state index in [0.29, 0.717) is 0 Å². The summed E-state index contributed by atoms with van der Waals surface area (Å²) in [5.41, 5.74) is 0. The first kappa shape index (κ1) is 16.7. The second kappa shape index (κ2) is 6.38. The summed E-state index contributed by atoms with van der Waals surface area (Å²) < 4.78 is 51.0. The van der Waals surface area contributed by atoms with Gasteiger partial charge in [0.2, 0.25) is 11.7 Å². The van der Waals surface area contributed by atoms with Crippen LogP contribution in [0.5, 0.6) is 0 Å². The largest absolute Gasteiger partial charge is 0.449 e. The maximum Gasteiger partial charge on any atom is 0.449 e. The minimum Gasteiger partial charge on any atom is -0.336 e. The van der Waals surface area contributed by atoms with E-state index < -0.39 is 36.3 Å². The molecule has 20 heavy (non-hydrogen) atoms. The zero-order valence-corrected chi connectivity index (χ0v) is 11.5. The molecular formula is C11H18F4N4O. The highest BCUT2D eigenvalue weighted by atomic mass is 19.4. The fourth-order valence-electron chi connectivity index (χ4n) is 1.96. The molecule has 1 saturated heterocycles. The number of nitrogens with zero attached hydrogens (tertiary/aromatic N) is 2. The number of alkyl halides is 4. The lowest BCUT2D eigenvalue weighted by Gasteiger charge is -2.30. The number of amidine groups is 1. The van der Waals surface area contributed by atoms with E-state index in [2.05, 4.69) is 15.6 Å². The van der Waals surface area contributed by atoms with Crippen molar-refractivity contribution in [1.29, 1.82) is 0 Å². The fourth-order valence-corrected chi connectivity index (χ4v) is 1.96. The molecule has 0 aromatic carbocycles. The standard InChI is InChI=1S/C11H18F4N4O/c1-6(19(3)10(16-2)11(13,14)15)18-9(20)8-4-7(12)5-17-8/h6-8,17H,4-5H2,1-3H3,(H,18,20)/t6?,7-,8+/m1/s1. The van der Waals surface area contributed by atoms with Gasteiger partial charge in [-0.15, -0.1) is 0 Å². The Kier molecular flexibility index (Phi) is 5.32. The van der Waals surface area contributed by atoms with Crippen LogP contribution in [0.1, 0.15) is 13.3 Å². The summed E-state index contributed by atoms with van der Waals surface area (Å²) >= 11 is 0. The van der Waals surface area contributed by atoms with Gasteiger partial charge in [-0.05, 0) is 6.92 Å². The molecule has 1 fully saturated rings. The molecule has 1 aliphatic rings. The van der Waals surface area contributed by atoms with Crippen LogP contribution >= 0.6 is 0 Å². The first-order chi connectivity index (χ1) is 9.16. The highest BCUT2D eigenvalue weighted by molar-refractivity contribution is 5.88. The van der Waals surface area contributed by atoms with Crippen LogP contribution in [0.25, 0.3) is 0 Å². The quantitative estimate of drug-likeness (QED) is 0.348. The molecule has 2 N–H and O–H groups in total. The summed E-state index contributed by atoms with van der Waals surface area (Å²) in [6, 6.07) is -0.714. The lowest BCUT2D eigenvalue weighted by Crippen LogP contribution is -2.54. The third-order valence-electron chi connectivity index (χ3n) is 3.13. The van der Waals surface area contributed by atoms with Gasteiger partial charge in [0, 0.05) is 27.1 Å².